The average Bonchev–Trinajstić information content (AvgIpc) is 2.47. The van der Waals surface area contributed by atoms with E-state index in [1.54, 1.807) is 6.20 Å². The van der Waals surface area contributed by atoms with Gasteiger partial charge in [-0.2, -0.15) is 0 Å². The molecule has 0 saturated heterocycles. The topological polar surface area (TPSA) is 48.4 Å². The number of carbonyl (C=O) groups excluding carboxylic acids is 1. The van der Waals surface area contributed by atoms with Gasteiger partial charge in [0, 0.05) is 24.6 Å². The molecule has 1 aliphatic carbocycles. The Labute approximate surface area is 117 Å². The Morgan fingerprint density at radius 3 is 3.00 bits per heavy atom. The van der Waals surface area contributed by atoms with Crippen LogP contribution in [0.5, 0.6) is 5.75 Å². The number of hydrogen-bond donors (Lipinski definition) is 0. The molecule has 2 unspecified atom stereocenters. The molecular weight excluding hydrogens is 254 g/mol. The quantitative estimate of drug-likeness (QED) is 0.839. The van der Waals surface area contributed by atoms with Gasteiger partial charge in [-0.3, -0.25) is 9.78 Å². The van der Waals surface area contributed by atoms with Crippen molar-refractivity contribution in [1.29, 1.82) is 0 Å². The van der Waals surface area contributed by atoms with Gasteiger partial charge in [-0.25, -0.2) is 0 Å². The number of nitrogens with zero attached hydrogens (tertiary/aromatic N) is 1. The molecule has 1 aromatic carbocycles. The largest absolute Gasteiger partial charge is 0.486 e. The van der Waals surface area contributed by atoms with Crippen molar-refractivity contribution in [1.82, 2.24) is 4.98 Å². The molecule has 2 atom stereocenters. The van der Waals surface area contributed by atoms with Crippen LogP contribution in [0, 0.1) is 0 Å². The third-order valence-corrected chi connectivity index (χ3v) is 3.44. The monoisotopic (exact) mass is 271 g/mol. The number of aromatic nitrogens is 1. The van der Waals surface area contributed by atoms with Gasteiger partial charge < -0.3 is 9.47 Å². The molecule has 0 amide bonds. The van der Waals surface area contributed by atoms with Crippen LogP contribution >= 0.6 is 0 Å². The number of carbonyl (C=O) groups is 1. The zero-order valence-corrected chi connectivity index (χ0v) is 11.4. The van der Waals surface area contributed by atoms with E-state index in [4.69, 9.17) is 9.47 Å². The molecule has 2 aromatic rings. The first-order chi connectivity index (χ1) is 9.79. The molecule has 1 heterocycles. The maximum atomic E-state index is 11.6. The second-order valence-electron chi connectivity index (χ2n) is 4.94. The molecule has 0 aliphatic heterocycles. The van der Waals surface area contributed by atoms with Crippen LogP contribution in [0.1, 0.15) is 19.8 Å². The summed E-state index contributed by atoms with van der Waals surface area (Å²) < 4.78 is 11.5. The van der Waals surface area contributed by atoms with Crippen molar-refractivity contribution >= 4 is 16.7 Å². The minimum Gasteiger partial charge on any atom is -0.486 e. The van der Waals surface area contributed by atoms with Crippen molar-refractivity contribution in [2.45, 2.75) is 32.0 Å². The zero-order valence-electron chi connectivity index (χ0n) is 11.4. The summed E-state index contributed by atoms with van der Waals surface area (Å²) in [6.45, 7) is 2.61. The van der Waals surface area contributed by atoms with E-state index < -0.39 is 6.10 Å². The summed E-state index contributed by atoms with van der Waals surface area (Å²) in [7, 11) is 0. The van der Waals surface area contributed by atoms with Gasteiger partial charge in [0.15, 0.2) is 11.9 Å². The highest BCUT2D eigenvalue weighted by Crippen LogP contribution is 2.30. The molecule has 1 aliphatic rings. The van der Waals surface area contributed by atoms with E-state index >= 15 is 0 Å². The van der Waals surface area contributed by atoms with E-state index in [1.165, 1.54) is 0 Å². The first-order valence-corrected chi connectivity index (χ1v) is 6.94. The van der Waals surface area contributed by atoms with Crippen LogP contribution in [0.3, 0.4) is 0 Å². The highest BCUT2D eigenvalue weighted by molar-refractivity contribution is 5.91. The zero-order chi connectivity index (χ0) is 13.9. The van der Waals surface area contributed by atoms with E-state index in [2.05, 4.69) is 4.98 Å². The Morgan fingerprint density at radius 2 is 2.20 bits per heavy atom. The molecule has 104 valence electrons. The summed E-state index contributed by atoms with van der Waals surface area (Å²) in [4.78, 5) is 15.9. The maximum Gasteiger partial charge on any atom is 0.169 e. The summed E-state index contributed by atoms with van der Waals surface area (Å²) in [5, 5.41) is 0.962. The fraction of sp³-hybridized carbons (Fsp3) is 0.375. The third-order valence-electron chi connectivity index (χ3n) is 3.44. The molecular formula is C16H17NO3. The molecule has 0 bridgehead atoms. The Balaban J connectivity index is 1.78. The molecule has 0 N–H and O–H groups in total. The molecule has 1 saturated carbocycles. The van der Waals surface area contributed by atoms with E-state index in [1.807, 2.05) is 37.3 Å². The Bertz CT molecular complexity index is 621. The molecule has 3 rings (SSSR count). The van der Waals surface area contributed by atoms with Gasteiger partial charge in [0.05, 0.1) is 5.52 Å². The van der Waals surface area contributed by atoms with E-state index in [0.29, 0.717) is 13.0 Å². The number of rotatable bonds is 5. The lowest BCUT2D eigenvalue weighted by molar-refractivity contribution is -0.154. The first kappa shape index (κ1) is 13.1. The Morgan fingerprint density at radius 1 is 1.30 bits per heavy atom. The van der Waals surface area contributed by atoms with Crippen LogP contribution in [-0.4, -0.2) is 29.6 Å². The lowest BCUT2D eigenvalue weighted by Crippen LogP contribution is -2.52. The number of ketones is 1. The Kier molecular flexibility index (Phi) is 3.65. The van der Waals surface area contributed by atoms with Crippen molar-refractivity contribution in [3.63, 3.8) is 0 Å². The highest BCUT2D eigenvalue weighted by atomic mass is 16.5. The maximum absolute atomic E-state index is 11.6. The number of pyridine rings is 1. The molecule has 4 heteroatoms. The number of Topliss-reactive ketones (excluding diaryl/α,β-unsaturated/α-hetero) is 1. The van der Waals surface area contributed by atoms with Crippen LogP contribution in [0.15, 0.2) is 36.5 Å². The number of hydrogen-bond acceptors (Lipinski definition) is 4. The van der Waals surface area contributed by atoms with Crippen molar-refractivity contribution in [2.24, 2.45) is 0 Å². The standard InChI is InChI=1S/C16H17NO3/c1-2-9-19-16-13(18)10-15(16)20-14-7-3-6-12-11(14)5-4-8-17-12/h3-8,15-16H,2,9-10H2,1H3. The summed E-state index contributed by atoms with van der Waals surface area (Å²) in [5.74, 6) is 0.889. The summed E-state index contributed by atoms with van der Waals surface area (Å²) in [6, 6.07) is 9.61. The van der Waals surface area contributed by atoms with Gasteiger partial charge in [-0.15, -0.1) is 0 Å². The fourth-order valence-electron chi connectivity index (χ4n) is 2.36. The third kappa shape index (κ3) is 2.39. The molecule has 1 fully saturated rings. The molecule has 4 nitrogen and oxygen atoms in total. The Hall–Kier alpha value is -1.94. The normalized spacial score (nSPS) is 21.8. The number of benzene rings is 1. The number of ether oxygens (including phenoxy) is 2. The summed E-state index contributed by atoms with van der Waals surface area (Å²) in [6.07, 6.45) is 2.48. The molecule has 0 radical (unpaired) electrons. The van der Waals surface area contributed by atoms with Gasteiger partial charge in [0.2, 0.25) is 0 Å². The van der Waals surface area contributed by atoms with E-state index in [9.17, 15) is 4.79 Å². The SMILES string of the molecule is CCCOC1C(=O)CC1Oc1cccc2ncccc12. The van der Waals surface area contributed by atoms with Crippen LogP contribution in [0.25, 0.3) is 10.9 Å². The molecule has 20 heavy (non-hydrogen) atoms. The fourth-order valence-corrected chi connectivity index (χ4v) is 2.36. The highest BCUT2D eigenvalue weighted by Gasteiger charge is 2.42. The molecule has 0 spiro atoms. The minimum atomic E-state index is -0.415. The smallest absolute Gasteiger partial charge is 0.169 e. The van der Waals surface area contributed by atoms with Crippen LogP contribution in [0.4, 0.5) is 0 Å². The van der Waals surface area contributed by atoms with Crippen molar-refractivity contribution in [3.05, 3.63) is 36.5 Å². The first-order valence-electron chi connectivity index (χ1n) is 6.94. The van der Waals surface area contributed by atoms with Gasteiger partial charge in [0.1, 0.15) is 11.9 Å². The molecule has 1 aromatic heterocycles. The lowest BCUT2D eigenvalue weighted by atomic mass is 9.90. The average molecular weight is 271 g/mol. The van der Waals surface area contributed by atoms with Crippen molar-refractivity contribution in [2.75, 3.05) is 6.61 Å². The predicted molar refractivity (Wildman–Crippen MR) is 75.8 cm³/mol. The van der Waals surface area contributed by atoms with Crippen LogP contribution in [0.2, 0.25) is 0 Å². The summed E-state index contributed by atoms with van der Waals surface area (Å²) in [5.41, 5.74) is 0.890. The predicted octanol–water partition coefficient (Wildman–Crippen LogP) is 2.75. The minimum absolute atomic E-state index is 0.127. The van der Waals surface area contributed by atoms with E-state index in [-0.39, 0.29) is 11.9 Å². The second kappa shape index (κ2) is 5.59. The summed E-state index contributed by atoms with van der Waals surface area (Å²) >= 11 is 0. The second-order valence-corrected chi connectivity index (χ2v) is 4.94. The van der Waals surface area contributed by atoms with E-state index in [0.717, 1.165) is 23.1 Å². The number of fused-ring (bicyclic) bond motifs is 1. The van der Waals surface area contributed by atoms with Crippen molar-refractivity contribution in [3.8, 4) is 5.75 Å². The van der Waals surface area contributed by atoms with Gasteiger partial charge in [-0.1, -0.05) is 13.0 Å². The van der Waals surface area contributed by atoms with Crippen LogP contribution < -0.4 is 4.74 Å². The lowest BCUT2D eigenvalue weighted by Gasteiger charge is -2.34. The van der Waals surface area contributed by atoms with Crippen LogP contribution in [-0.2, 0) is 9.53 Å². The van der Waals surface area contributed by atoms with Crippen molar-refractivity contribution < 1.29 is 14.3 Å². The van der Waals surface area contributed by atoms with Gasteiger partial charge in [0.25, 0.3) is 0 Å². The van der Waals surface area contributed by atoms with Gasteiger partial charge in [-0.05, 0) is 30.7 Å². The van der Waals surface area contributed by atoms with Gasteiger partial charge >= 0.3 is 0 Å².